The van der Waals surface area contributed by atoms with Crippen LogP contribution in [0, 0.1) is 5.41 Å². The summed E-state index contributed by atoms with van der Waals surface area (Å²) in [6, 6.07) is 0.564. The van der Waals surface area contributed by atoms with Crippen LogP contribution in [0.15, 0.2) is 0 Å². The molecule has 0 bridgehead atoms. The second-order valence-corrected chi connectivity index (χ2v) is 5.96. The lowest BCUT2D eigenvalue weighted by atomic mass is 9.85. The van der Waals surface area contributed by atoms with Gasteiger partial charge in [0.1, 0.15) is 0 Å². The zero-order valence-corrected chi connectivity index (χ0v) is 11.0. The fourth-order valence-corrected chi connectivity index (χ4v) is 3.45. The van der Waals surface area contributed by atoms with Gasteiger partial charge < -0.3 is 5.11 Å². The Morgan fingerprint density at radius 3 is 2.59 bits per heavy atom. The normalized spacial score (nSPS) is 30.1. The van der Waals surface area contributed by atoms with Crippen molar-refractivity contribution in [1.29, 1.82) is 0 Å². The van der Waals surface area contributed by atoms with Crippen molar-refractivity contribution in [2.24, 2.45) is 5.41 Å². The molecule has 1 heterocycles. The fourth-order valence-electron chi connectivity index (χ4n) is 3.45. The fraction of sp³-hybridized carbons (Fsp3) is 0.929. The highest BCUT2D eigenvalue weighted by Crippen LogP contribution is 2.40. The van der Waals surface area contributed by atoms with Gasteiger partial charge in [-0.2, -0.15) is 0 Å². The smallest absolute Gasteiger partial charge is 0.310 e. The summed E-state index contributed by atoms with van der Waals surface area (Å²) in [7, 11) is 0. The summed E-state index contributed by atoms with van der Waals surface area (Å²) >= 11 is 0. The maximum atomic E-state index is 11.6. The lowest BCUT2D eigenvalue weighted by Crippen LogP contribution is -2.45. The molecule has 1 aliphatic heterocycles. The number of hydrogen-bond acceptors (Lipinski definition) is 2. The maximum Gasteiger partial charge on any atom is 0.310 e. The highest BCUT2D eigenvalue weighted by atomic mass is 16.4. The Kier molecular flexibility index (Phi) is 4.08. The van der Waals surface area contributed by atoms with Gasteiger partial charge in [-0.1, -0.05) is 25.7 Å². The third-order valence-corrected chi connectivity index (χ3v) is 4.71. The van der Waals surface area contributed by atoms with Crippen molar-refractivity contribution >= 4 is 5.97 Å². The van der Waals surface area contributed by atoms with Gasteiger partial charge in [0.05, 0.1) is 5.41 Å². The Labute approximate surface area is 104 Å². The Hall–Kier alpha value is -0.570. The summed E-state index contributed by atoms with van der Waals surface area (Å²) in [5.74, 6) is -0.563. The monoisotopic (exact) mass is 239 g/mol. The number of hydrogen-bond donors (Lipinski definition) is 1. The number of rotatable bonds is 3. The number of likely N-dealkylation sites (tertiary alicyclic amines) is 1. The summed E-state index contributed by atoms with van der Waals surface area (Å²) in [5.41, 5.74) is -0.432. The standard InChI is InChI=1S/C14H25NO2/c1-12-7-3-2-6-10-15(12)11-14(13(16)17)8-4-5-9-14/h12H,2-11H2,1H3,(H,16,17). The number of carboxylic acid groups (broad SMARTS) is 1. The van der Waals surface area contributed by atoms with Gasteiger partial charge in [0, 0.05) is 12.6 Å². The Morgan fingerprint density at radius 1 is 1.24 bits per heavy atom. The number of carboxylic acids is 1. The molecule has 1 atom stereocenters. The highest BCUT2D eigenvalue weighted by molar-refractivity contribution is 5.75. The highest BCUT2D eigenvalue weighted by Gasteiger charge is 2.43. The number of aliphatic carboxylic acids is 1. The molecule has 98 valence electrons. The molecular formula is C14H25NO2. The van der Waals surface area contributed by atoms with Crippen LogP contribution in [0.1, 0.15) is 58.3 Å². The molecule has 1 saturated heterocycles. The molecule has 3 heteroatoms. The molecule has 1 unspecified atom stereocenters. The van der Waals surface area contributed by atoms with E-state index in [1.165, 1.54) is 25.7 Å². The summed E-state index contributed by atoms with van der Waals surface area (Å²) in [6.45, 7) is 4.13. The third kappa shape index (κ3) is 2.82. The number of carbonyl (C=O) groups is 1. The lowest BCUT2D eigenvalue weighted by Gasteiger charge is -2.35. The molecule has 0 spiro atoms. The summed E-state index contributed by atoms with van der Waals surface area (Å²) < 4.78 is 0. The van der Waals surface area contributed by atoms with E-state index in [-0.39, 0.29) is 0 Å². The molecule has 2 fully saturated rings. The molecular weight excluding hydrogens is 214 g/mol. The Balaban J connectivity index is 2.03. The van der Waals surface area contributed by atoms with Crippen LogP contribution in [-0.4, -0.2) is 35.1 Å². The Bertz CT molecular complexity index is 271. The molecule has 2 rings (SSSR count). The van der Waals surface area contributed by atoms with Crippen molar-refractivity contribution in [3.8, 4) is 0 Å². The van der Waals surface area contributed by atoms with Crippen molar-refractivity contribution in [3.63, 3.8) is 0 Å². The van der Waals surface area contributed by atoms with Gasteiger partial charge in [0.2, 0.25) is 0 Å². The molecule has 1 saturated carbocycles. The zero-order chi connectivity index (χ0) is 12.3. The van der Waals surface area contributed by atoms with Gasteiger partial charge in [-0.15, -0.1) is 0 Å². The van der Waals surface area contributed by atoms with Crippen LogP contribution < -0.4 is 0 Å². The predicted molar refractivity (Wildman–Crippen MR) is 68.0 cm³/mol. The first-order chi connectivity index (χ1) is 8.14. The van der Waals surface area contributed by atoms with Crippen molar-refractivity contribution < 1.29 is 9.90 Å². The second-order valence-electron chi connectivity index (χ2n) is 5.96. The van der Waals surface area contributed by atoms with Gasteiger partial charge >= 0.3 is 5.97 Å². The zero-order valence-electron chi connectivity index (χ0n) is 11.0. The molecule has 0 aromatic heterocycles. The van der Waals surface area contributed by atoms with E-state index in [0.717, 1.165) is 38.8 Å². The summed E-state index contributed by atoms with van der Waals surface area (Å²) in [6.07, 6.45) is 9.02. The van der Waals surface area contributed by atoms with E-state index in [2.05, 4.69) is 11.8 Å². The average Bonchev–Trinajstić information content (AvgIpc) is 2.68. The van der Waals surface area contributed by atoms with Crippen LogP contribution in [0.25, 0.3) is 0 Å². The predicted octanol–water partition coefficient (Wildman–Crippen LogP) is 2.90. The van der Waals surface area contributed by atoms with Crippen LogP contribution in [0.2, 0.25) is 0 Å². The first-order valence-corrected chi connectivity index (χ1v) is 7.11. The summed E-state index contributed by atoms with van der Waals surface area (Å²) in [4.78, 5) is 14.0. The first-order valence-electron chi connectivity index (χ1n) is 7.11. The second kappa shape index (κ2) is 5.38. The minimum absolute atomic E-state index is 0.432. The molecule has 0 radical (unpaired) electrons. The lowest BCUT2D eigenvalue weighted by molar-refractivity contribution is -0.150. The van der Waals surface area contributed by atoms with Gasteiger partial charge in [0.25, 0.3) is 0 Å². The third-order valence-electron chi connectivity index (χ3n) is 4.71. The van der Waals surface area contributed by atoms with E-state index in [1.807, 2.05) is 0 Å². The van der Waals surface area contributed by atoms with E-state index < -0.39 is 11.4 Å². The van der Waals surface area contributed by atoms with Crippen molar-refractivity contribution in [3.05, 3.63) is 0 Å². The van der Waals surface area contributed by atoms with Crippen LogP contribution in [0.4, 0.5) is 0 Å². The van der Waals surface area contributed by atoms with E-state index in [1.54, 1.807) is 0 Å². The largest absolute Gasteiger partial charge is 0.481 e. The first kappa shape index (κ1) is 12.9. The van der Waals surface area contributed by atoms with E-state index in [0.29, 0.717) is 6.04 Å². The topological polar surface area (TPSA) is 40.5 Å². The SMILES string of the molecule is CC1CCCCCN1CC1(C(=O)O)CCCC1. The molecule has 0 amide bonds. The van der Waals surface area contributed by atoms with Gasteiger partial charge in [-0.05, 0) is 39.2 Å². The number of nitrogens with zero attached hydrogens (tertiary/aromatic N) is 1. The molecule has 0 aromatic rings. The quantitative estimate of drug-likeness (QED) is 0.823. The van der Waals surface area contributed by atoms with E-state index in [4.69, 9.17) is 0 Å². The summed E-state index contributed by atoms with van der Waals surface area (Å²) in [5, 5.41) is 9.52. The minimum atomic E-state index is -0.563. The van der Waals surface area contributed by atoms with Crippen LogP contribution in [0.5, 0.6) is 0 Å². The molecule has 0 aromatic carbocycles. The molecule has 1 aliphatic carbocycles. The van der Waals surface area contributed by atoms with E-state index >= 15 is 0 Å². The van der Waals surface area contributed by atoms with Crippen LogP contribution >= 0.6 is 0 Å². The van der Waals surface area contributed by atoms with Gasteiger partial charge in [0.15, 0.2) is 0 Å². The van der Waals surface area contributed by atoms with Crippen molar-refractivity contribution in [2.45, 2.75) is 64.3 Å². The minimum Gasteiger partial charge on any atom is -0.481 e. The molecule has 17 heavy (non-hydrogen) atoms. The average molecular weight is 239 g/mol. The molecule has 3 nitrogen and oxygen atoms in total. The van der Waals surface area contributed by atoms with E-state index in [9.17, 15) is 9.90 Å². The van der Waals surface area contributed by atoms with Gasteiger partial charge in [-0.25, -0.2) is 0 Å². The van der Waals surface area contributed by atoms with Crippen LogP contribution in [-0.2, 0) is 4.79 Å². The molecule has 1 N–H and O–H groups in total. The van der Waals surface area contributed by atoms with Gasteiger partial charge in [-0.3, -0.25) is 9.69 Å². The Morgan fingerprint density at radius 2 is 1.94 bits per heavy atom. The molecule has 2 aliphatic rings. The van der Waals surface area contributed by atoms with Crippen LogP contribution in [0.3, 0.4) is 0 Å². The van der Waals surface area contributed by atoms with Crippen molar-refractivity contribution in [2.75, 3.05) is 13.1 Å². The van der Waals surface area contributed by atoms with Crippen molar-refractivity contribution in [1.82, 2.24) is 4.90 Å². The maximum absolute atomic E-state index is 11.6.